The fourth-order valence-corrected chi connectivity index (χ4v) is 2.57. The lowest BCUT2D eigenvalue weighted by molar-refractivity contribution is -0.114. The summed E-state index contributed by atoms with van der Waals surface area (Å²) in [7, 11) is 1.83. The van der Waals surface area contributed by atoms with E-state index in [0.717, 1.165) is 11.3 Å². The minimum absolute atomic E-state index is 0.153. The lowest BCUT2D eigenvalue weighted by Gasteiger charge is -2.09. The van der Waals surface area contributed by atoms with Crippen molar-refractivity contribution in [3.8, 4) is 11.3 Å². The SMILES string of the molecule is CC(=O)Nc1ccc(C(=O)Nc2cnn(C)c2-c2ccccc2)cc1. The van der Waals surface area contributed by atoms with Crippen molar-refractivity contribution < 1.29 is 9.59 Å². The maximum Gasteiger partial charge on any atom is 0.255 e. The first-order valence-corrected chi connectivity index (χ1v) is 7.81. The molecule has 0 spiro atoms. The second kappa shape index (κ2) is 7.00. The van der Waals surface area contributed by atoms with E-state index in [-0.39, 0.29) is 11.8 Å². The van der Waals surface area contributed by atoms with Gasteiger partial charge in [0.1, 0.15) is 0 Å². The molecule has 2 N–H and O–H groups in total. The van der Waals surface area contributed by atoms with Crippen LogP contribution in [-0.4, -0.2) is 21.6 Å². The van der Waals surface area contributed by atoms with Gasteiger partial charge in [0.05, 0.1) is 17.6 Å². The van der Waals surface area contributed by atoms with Gasteiger partial charge in [0, 0.05) is 30.8 Å². The van der Waals surface area contributed by atoms with Gasteiger partial charge in [-0.25, -0.2) is 0 Å². The van der Waals surface area contributed by atoms with Crippen LogP contribution in [0.1, 0.15) is 17.3 Å². The molecule has 2 amide bonds. The number of hydrogen-bond donors (Lipinski definition) is 2. The molecule has 3 rings (SSSR count). The van der Waals surface area contributed by atoms with Crippen molar-refractivity contribution in [2.45, 2.75) is 6.92 Å². The lowest BCUT2D eigenvalue weighted by atomic mass is 10.1. The maximum atomic E-state index is 12.5. The first kappa shape index (κ1) is 16.4. The summed E-state index contributed by atoms with van der Waals surface area (Å²) in [4.78, 5) is 23.6. The monoisotopic (exact) mass is 334 g/mol. The number of aromatic nitrogens is 2. The van der Waals surface area contributed by atoms with Gasteiger partial charge < -0.3 is 10.6 Å². The van der Waals surface area contributed by atoms with Crippen molar-refractivity contribution in [1.29, 1.82) is 0 Å². The second-order valence-electron chi connectivity index (χ2n) is 5.61. The van der Waals surface area contributed by atoms with Gasteiger partial charge >= 0.3 is 0 Å². The first-order valence-electron chi connectivity index (χ1n) is 7.81. The lowest BCUT2D eigenvalue weighted by Crippen LogP contribution is -2.13. The zero-order chi connectivity index (χ0) is 17.8. The third-order valence-corrected chi connectivity index (χ3v) is 3.70. The molecule has 0 unspecified atom stereocenters. The molecule has 0 aliphatic rings. The number of rotatable bonds is 4. The van der Waals surface area contributed by atoms with E-state index in [1.54, 1.807) is 35.1 Å². The number of benzene rings is 2. The van der Waals surface area contributed by atoms with Crippen LogP contribution in [0.4, 0.5) is 11.4 Å². The Hall–Kier alpha value is -3.41. The smallest absolute Gasteiger partial charge is 0.255 e. The summed E-state index contributed by atoms with van der Waals surface area (Å²) in [6, 6.07) is 16.5. The van der Waals surface area contributed by atoms with E-state index in [4.69, 9.17) is 0 Å². The fourth-order valence-electron chi connectivity index (χ4n) is 2.57. The quantitative estimate of drug-likeness (QED) is 0.768. The highest BCUT2D eigenvalue weighted by Crippen LogP contribution is 2.27. The molecule has 0 saturated heterocycles. The normalized spacial score (nSPS) is 10.3. The van der Waals surface area contributed by atoms with Gasteiger partial charge in [-0.3, -0.25) is 14.3 Å². The number of hydrogen-bond acceptors (Lipinski definition) is 3. The Bertz CT molecular complexity index is 899. The van der Waals surface area contributed by atoms with E-state index in [9.17, 15) is 9.59 Å². The Kier molecular flexibility index (Phi) is 4.61. The van der Waals surface area contributed by atoms with Crippen molar-refractivity contribution in [2.75, 3.05) is 10.6 Å². The van der Waals surface area contributed by atoms with Crippen LogP contribution in [0.15, 0.2) is 60.8 Å². The van der Waals surface area contributed by atoms with E-state index in [1.807, 2.05) is 37.4 Å². The number of nitrogens with one attached hydrogen (secondary N) is 2. The van der Waals surface area contributed by atoms with Gasteiger partial charge in [-0.15, -0.1) is 0 Å². The van der Waals surface area contributed by atoms with Gasteiger partial charge in [0.25, 0.3) is 5.91 Å². The van der Waals surface area contributed by atoms with Gasteiger partial charge in [0.15, 0.2) is 0 Å². The first-order chi connectivity index (χ1) is 12.0. The number of anilines is 2. The molecule has 0 saturated carbocycles. The van der Waals surface area contributed by atoms with Gasteiger partial charge in [-0.1, -0.05) is 30.3 Å². The molecule has 2 aromatic carbocycles. The average molecular weight is 334 g/mol. The van der Waals surface area contributed by atoms with Gasteiger partial charge in [-0.05, 0) is 24.3 Å². The van der Waals surface area contributed by atoms with Crippen molar-refractivity contribution in [2.24, 2.45) is 7.05 Å². The molecule has 25 heavy (non-hydrogen) atoms. The second-order valence-corrected chi connectivity index (χ2v) is 5.61. The molecule has 1 heterocycles. The Balaban J connectivity index is 1.81. The number of amides is 2. The molecule has 0 aliphatic heterocycles. The number of carbonyl (C=O) groups excluding carboxylic acids is 2. The molecule has 3 aromatic rings. The summed E-state index contributed by atoms with van der Waals surface area (Å²) in [6.45, 7) is 1.44. The average Bonchev–Trinajstić information content (AvgIpc) is 2.96. The maximum absolute atomic E-state index is 12.5. The van der Waals surface area contributed by atoms with Crippen LogP contribution < -0.4 is 10.6 Å². The van der Waals surface area contributed by atoms with Crippen molar-refractivity contribution in [3.63, 3.8) is 0 Å². The zero-order valence-electron chi connectivity index (χ0n) is 14.0. The molecule has 0 aliphatic carbocycles. The Morgan fingerprint density at radius 1 is 0.960 bits per heavy atom. The predicted molar refractivity (Wildman–Crippen MR) is 97.3 cm³/mol. The highest BCUT2D eigenvalue weighted by atomic mass is 16.2. The summed E-state index contributed by atoms with van der Waals surface area (Å²) >= 11 is 0. The van der Waals surface area contributed by atoms with Crippen LogP contribution >= 0.6 is 0 Å². The largest absolute Gasteiger partial charge is 0.326 e. The third-order valence-electron chi connectivity index (χ3n) is 3.70. The Labute approximate surface area is 145 Å². The Morgan fingerprint density at radius 2 is 1.64 bits per heavy atom. The van der Waals surface area contributed by atoms with E-state index >= 15 is 0 Å². The van der Waals surface area contributed by atoms with E-state index < -0.39 is 0 Å². The van der Waals surface area contributed by atoms with Crippen LogP contribution in [0.25, 0.3) is 11.3 Å². The molecular formula is C19H18N4O2. The van der Waals surface area contributed by atoms with Gasteiger partial charge in [-0.2, -0.15) is 5.10 Å². The highest BCUT2D eigenvalue weighted by molar-refractivity contribution is 6.06. The van der Waals surface area contributed by atoms with E-state index in [1.165, 1.54) is 6.92 Å². The zero-order valence-corrected chi connectivity index (χ0v) is 14.0. The molecule has 1 aromatic heterocycles. The summed E-state index contributed by atoms with van der Waals surface area (Å²) < 4.78 is 1.73. The highest BCUT2D eigenvalue weighted by Gasteiger charge is 2.14. The van der Waals surface area contributed by atoms with Crippen molar-refractivity contribution in [1.82, 2.24) is 9.78 Å². The number of carbonyl (C=O) groups is 2. The minimum Gasteiger partial charge on any atom is -0.326 e. The topological polar surface area (TPSA) is 76.0 Å². The van der Waals surface area contributed by atoms with Crippen molar-refractivity contribution >= 4 is 23.2 Å². The minimum atomic E-state index is -0.237. The standard InChI is InChI=1S/C19H18N4O2/c1-13(24)21-16-10-8-15(9-11-16)19(25)22-17-12-20-23(2)18(17)14-6-4-3-5-7-14/h3-12H,1-2H3,(H,21,24)(H,22,25). The third kappa shape index (κ3) is 3.74. The van der Waals surface area contributed by atoms with Crippen LogP contribution in [0.3, 0.4) is 0 Å². The van der Waals surface area contributed by atoms with Crippen molar-refractivity contribution in [3.05, 3.63) is 66.4 Å². The number of nitrogens with zero attached hydrogens (tertiary/aromatic N) is 2. The molecule has 6 nitrogen and oxygen atoms in total. The van der Waals surface area contributed by atoms with Crippen LogP contribution in [0.5, 0.6) is 0 Å². The predicted octanol–water partition coefficient (Wildman–Crippen LogP) is 3.30. The molecule has 0 atom stereocenters. The van der Waals surface area contributed by atoms with E-state index in [0.29, 0.717) is 16.9 Å². The molecule has 6 heteroatoms. The molecule has 0 radical (unpaired) electrons. The Morgan fingerprint density at radius 3 is 2.28 bits per heavy atom. The van der Waals surface area contributed by atoms with E-state index in [2.05, 4.69) is 15.7 Å². The summed E-state index contributed by atoms with van der Waals surface area (Å²) in [5, 5.41) is 9.81. The summed E-state index contributed by atoms with van der Waals surface area (Å²) in [5.74, 6) is -0.389. The molecular weight excluding hydrogens is 316 g/mol. The molecule has 0 fully saturated rings. The van der Waals surface area contributed by atoms with Crippen LogP contribution in [0, 0.1) is 0 Å². The van der Waals surface area contributed by atoms with Gasteiger partial charge in [0.2, 0.25) is 5.91 Å². The fraction of sp³-hybridized carbons (Fsp3) is 0.105. The molecule has 126 valence electrons. The number of aryl methyl sites for hydroxylation is 1. The molecule has 0 bridgehead atoms. The van der Waals surface area contributed by atoms with Crippen LogP contribution in [-0.2, 0) is 11.8 Å². The van der Waals surface area contributed by atoms with Crippen LogP contribution in [0.2, 0.25) is 0 Å². The summed E-state index contributed by atoms with van der Waals surface area (Å²) in [6.07, 6.45) is 1.63. The summed E-state index contributed by atoms with van der Waals surface area (Å²) in [5.41, 5.74) is 3.60.